The van der Waals surface area contributed by atoms with Gasteiger partial charge in [-0.15, -0.1) is 0 Å². The molecular weight excluding hydrogens is 460 g/mol. The van der Waals surface area contributed by atoms with Crippen LogP contribution in [0.2, 0.25) is 0 Å². The summed E-state index contributed by atoms with van der Waals surface area (Å²) in [6.45, 7) is 6.70. The summed E-state index contributed by atoms with van der Waals surface area (Å²) >= 11 is 0. The number of hydrogen-bond acceptors (Lipinski definition) is 4. The van der Waals surface area contributed by atoms with Crippen LogP contribution in [-0.4, -0.2) is 65.9 Å². The molecule has 0 unspecified atom stereocenters. The molecule has 0 radical (unpaired) electrons. The largest absolute Gasteiger partial charge is 0.353 e. The summed E-state index contributed by atoms with van der Waals surface area (Å²) < 4.78 is 0. The molecule has 6 heteroatoms. The number of piperidine rings is 1. The second-order valence-electron chi connectivity index (χ2n) is 10.9. The summed E-state index contributed by atoms with van der Waals surface area (Å²) in [5.74, 6) is 1.51. The lowest BCUT2D eigenvalue weighted by Gasteiger charge is -2.37. The molecule has 1 spiro atoms. The SMILES string of the molecule is Cc1cccc(-c2cccc(C(=O)N3CCC4(CC3)C[C@@H]4C(=O)N3CCN(c4ccccn4)CC3)c2)c1. The van der Waals surface area contributed by atoms with E-state index in [9.17, 15) is 9.59 Å². The number of rotatable bonds is 4. The van der Waals surface area contributed by atoms with E-state index in [0.717, 1.165) is 81.0 Å². The number of carbonyl (C=O) groups is 2. The molecule has 0 N–H and O–H groups in total. The minimum absolute atomic E-state index is 0.0927. The molecule has 37 heavy (non-hydrogen) atoms. The fourth-order valence-electron chi connectivity index (χ4n) is 6.16. The number of amides is 2. The number of hydrogen-bond donors (Lipinski definition) is 0. The van der Waals surface area contributed by atoms with Gasteiger partial charge in [0.15, 0.2) is 0 Å². The van der Waals surface area contributed by atoms with Crippen molar-refractivity contribution in [2.45, 2.75) is 26.2 Å². The Labute approximate surface area is 218 Å². The third kappa shape index (κ3) is 4.73. The lowest BCUT2D eigenvalue weighted by Crippen LogP contribution is -2.50. The number of likely N-dealkylation sites (tertiary alicyclic amines) is 1. The van der Waals surface area contributed by atoms with Crippen molar-refractivity contribution in [1.82, 2.24) is 14.8 Å². The van der Waals surface area contributed by atoms with Crippen LogP contribution >= 0.6 is 0 Å². The van der Waals surface area contributed by atoms with E-state index in [4.69, 9.17) is 0 Å². The van der Waals surface area contributed by atoms with E-state index in [2.05, 4.69) is 47.1 Å². The molecule has 2 aromatic carbocycles. The summed E-state index contributed by atoms with van der Waals surface area (Å²) in [4.78, 5) is 37.4. The molecule has 3 aromatic rings. The van der Waals surface area contributed by atoms with Gasteiger partial charge in [0.05, 0.1) is 0 Å². The van der Waals surface area contributed by atoms with Crippen LogP contribution in [0.4, 0.5) is 5.82 Å². The highest BCUT2D eigenvalue weighted by molar-refractivity contribution is 5.95. The van der Waals surface area contributed by atoms with Crippen molar-refractivity contribution in [2.75, 3.05) is 44.2 Å². The summed E-state index contributed by atoms with van der Waals surface area (Å²) in [5, 5.41) is 0. The molecule has 1 atom stereocenters. The van der Waals surface area contributed by atoms with E-state index in [0.29, 0.717) is 5.91 Å². The second-order valence-corrected chi connectivity index (χ2v) is 10.9. The maximum atomic E-state index is 13.3. The average molecular weight is 495 g/mol. The molecule has 6 nitrogen and oxygen atoms in total. The molecular formula is C31H34N4O2. The van der Waals surface area contributed by atoms with E-state index < -0.39 is 0 Å². The molecule has 3 aliphatic rings. The summed E-state index contributed by atoms with van der Waals surface area (Å²) in [7, 11) is 0. The van der Waals surface area contributed by atoms with Crippen molar-refractivity contribution in [1.29, 1.82) is 0 Å². The van der Waals surface area contributed by atoms with Crippen LogP contribution in [0, 0.1) is 18.3 Å². The van der Waals surface area contributed by atoms with Gasteiger partial charge in [-0.2, -0.15) is 0 Å². The molecule has 1 aliphatic carbocycles. The van der Waals surface area contributed by atoms with E-state index in [1.807, 2.05) is 52.4 Å². The van der Waals surface area contributed by atoms with Crippen LogP contribution in [0.15, 0.2) is 72.9 Å². The quantitative estimate of drug-likeness (QED) is 0.530. The van der Waals surface area contributed by atoms with Crippen LogP contribution < -0.4 is 4.90 Å². The standard InChI is InChI=1S/C31H34N4O2/c1-23-6-4-7-24(20-23)25-8-5-9-26(21-25)29(36)34-14-11-31(12-15-34)22-27(31)30(37)35-18-16-33(17-19-35)28-10-2-3-13-32-28/h2-10,13,20-21,27H,11-12,14-19,22H2,1H3/t27-/m1/s1. The van der Waals surface area contributed by atoms with Gasteiger partial charge in [-0.3, -0.25) is 9.59 Å². The average Bonchev–Trinajstić information content (AvgIpc) is 3.66. The Kier molecular flexibility index (Phi) is 6.19. The molecule has 2 saturated heterocycles. The maximum absolute atomic E-state index is 13.3. The van der Waals surface area contributed by atoms with Crippen molar-refractivity contribution >= 4 is 17.6 Å². The van der Waals surface area contributed by atoms with E-state index >= 15 is 0 Å². The molecule has 6 rings (SSSR count). The highest BCUT2D eigenvalue weighted by atomic mass is 16.2. The van der Waals surface area contributed by atoms with E-state index in [1.54, 1.807) is 0 Å². The molecule has 3 heterocycles. The highest BCUT2D eigenvalue weighted by Gasteiger charge is 2.59. The number of piperazine rings is 1. The first-order valence-corrected chi connectivity index (χ1v) is 13.4. The third-order valence-corrected chi connectivity index (χ3v) is 8.56. The monoisotopic (exact) mass is 494 g/mol. The highest BCUT2D eigenvalue weighted by Crippen LogP contribution is 2.60. The Morgan fingerprint density at radius 2 is 1.54 bits per heavy atom. The number of carbonyl (C=O) groups excluding carboxylic acids is 2. The summed E-state index contributed by atoms with van der Waals surface area (Å²) in [6.07, 6.45) is 4.62. The minimum Gasteiger partial charge on any atom is -0.353 e. The zero-order valence-corrected chi connectivity index (χ0v) is 21.5. The van der Waals surface area contributed by atoms with Gasteiger partial charge in [0.1, 0.15) is 5.82 Å². The van der Waals surface area contributed by atoms with Gasteiger partial charge in [0, 0.05) is 56.9 Å². The molecule has 1 saturated carbocycles. The molecule has 190 valence electrons. The molecule has 0 bridgehead atoms. The van der Waals surface area contributed by atoms with Crippen LogP contribution in [0.3, 0.4) is 0 Å². The maximum Gasteiger partial charge on any atom is 0.253 e. The van der Waals surface area contributed by atoms with Crippen LogP contribution in [0.5, 0.6) is 0 Å². The summed E-state index contributed by atoms with van der Waals surface area (Å²) in [5.41, 5.74) is 4.24. The normalized spacial score (nSPS) is 20.7. The van der Waals surface area contributed by atoms with Crippen molar-refractivity contribution < 1.29 is 9.59 Å². The Morgan fingerprint density at radius 3 is 2.24 bits per heavy atom. The van der Waals surface area contributed by atoms with Gasteiger partial charge < -0.3 is 14.7 Å². The van der Waals surface area contributed by atoms with Gasteiger partial charge in [-0.25, -0.2) is 4.98 Å². The lowest BCUT2D eigenvalue weighted by molar-refractivity contribution is -0.134. The smallest absolute Gasteiger partial charge is 0.253 e. The second kappa shape index (κ2) is 9.66. The fourth-order valence-corrected chi connectivity index (χ4v) is 6.16. The van der Waals surface area contributed by atoms with Gasteiger partial charge in [0.2, 0.25) is 5.91 Å². The van der Waals surface area contributed by atoms with Crippen molar-refractivity contribution in [3.05, 3.63) is 84.1 Å². The number of aromatic nitrogens is 1. The minimum atomic E-state index is 0.0927. The number of anilines is 1. The van der Waals surface area contributed by atoms with Crippen LogP contribution in [0.25, 0.3) is 11.1 Å². The molecule has 2 aliphatic heterocycles. The predicted molar refractivity (Wildman–Crippen MR) is 145 cm³/mol. The van der Waals surface area contributed by atoms with Crippen LogP contribution in [-0.2, 0) is 4.79 Å². The Hall–Kier alpha value is -3.67. The van der Waals surface area contributed by atoms with Gasteiger partial charge in [0.25, 0.3) is 5.91 Å². The number of pyridine rings is 1. The Morgan fingerprint density at radius 1 is 0.811 bits per heavy atom. The van der Waals surface area contributed by atoms with Crippen molar-refractivity contribution in [3.63, 3.8) is 0 Å². The third-order valence-electron chi connectivity index (χ3n) is 8.56. The first-order chi connectivity index (χ1) is 18.0. The van der Waals surface area contributed by atoms with Gasteiger partial charge >= 0.3 is 0 Å². The molecule has 3 fully saturated rings. The number of aryl methyl sites for hydroxylation is 1. The molecule has 1 aromatic heterocycles. The number of nitrogens with zero attached hydrogens (tertiary/aromatic N) is 4. The lowest BCUT2D eigenvalue weighted by atomic mass is 9.90. The predicted octanol–water partition coefficient (Wildman–Crippen LogP) is 4.65. The van der Waals surface area contributed by atoms with Crippen molar-refractivity contribution in [3.8, 4) is 11.1 Å². The Bertz CT molecular complexity index is 1290. The first kappa shape index (κ1) is 23.7. The number of benzene rings is 2. The zero-order valence-electron chi connectivity index (χ0n) is 21.5. The van der Waals surface area contributed by atoms with Gasteiger partial charge in [-0.05, 0) is 67.0 Å². The summed E-state index contributed by atoms with van der Waals surface area (Å²) in [6, 6.07) is 22.3. The topological polar surface area (TPSA) is 56.8 Å². The Balaban J connectivity index is 1.03. The van der Waals surface area contributed by atoms with Crippen LogP contribution in [0.1, 0.15) is 35.2 Å². The molecule has 2 amide bonds. The van der Waals surface area contributed by atoms with E-state index in [-0.39, 0.29) is 17.2 Å². The van der Waals surface area contributed by atoms with E-state index in [1.165, 1.54) is 5.56 Å². The zero-order chi connectivity index (χ0) is 25.4. The van der Waals surface area contributed by atoms with Crippen molar-refractivity contribution in [2.24, 2.45) is 11.3 Å². The fraction of sp³-hybridized carbons (Fsp3) is 0.387. The first-order valence-electron chi connectivity index (χ1n) is 13.4. The van der Waals surface area contributed by atoms with Gasteiger partial charge in [-0.1, -0.05) is 48.0 Å².